The van der Waals surface area contributed by atoms with Gasteiger partial charge in [0.05, 0.1) is 19.0 Å². The Morgan fingerprint density at radius 2 is 2.04 bits per heavy atom. The zero-order valence-electron chi connectivity index (χ0n) is 14.7. The molecule has 0 saturated carbocycles. The van der Waals surface area contributed by atoms with Crippen molar-refractivity contribution in [2.45, 2.75) is 13.5 Å². The van der Waals surface area contributed by atoms with Crippen molar-refractivity contribution >= 4 is 6.08 Å². The molecule has 3 rings (SSSR count). The zero-order valence-corrected chi connectivity index (χ0v) is 14.7. The fraction of sp³-hybridized carbons (Fsp3) is 0.143. The molecule has 0 unspecified atom stereocenters. The lowest BCUT2D eigenvalue weighted by molar-refractivity contribution is 0.378. The molecule has 0 fully saturated rings. The molecule has 130 valence electrons. The van der Waals surface area contributed by atoms with Crippen molar-refractivity contribution in [2.24, 2.45) is 0 Å². The summed E-state index contributed by atoms with van der Waals surface area (Å²) in [5, 5.41) is 9.40. The fourth-order valence-corrected chi connectivity index (χ4v) is 2.62. The number of methoxy groups -OCH3 is 1. The van der Waals surface area contributed by atoms with E-state index >= 15 is 0 Å². The molecule has 3 aromatic rings. The highest BCUT2D eigenvalue weighted by Crippen LogP contribution is 2.34. The Kier molecular flexibility index (Phi) is 5.35. The first kappa shape index (κ1) is 17.3. The standard InChI is InChI=1S/C21H19N3O2/c1-3-4-16-6-8-19(21(11-16)25-2)26-20-12-17(5-7-18(20)13-22)14-24-10-9-23-15-24/h3-12,15H,14H2,1-2H3/b4-3-. The maximum Gasteiger partial charge on any atom is 0.169 e. The lowest BCUT2D eigenvalue weighted by atomic mass is 10.1. The van der Waals surface area contributed by atoms with Crippen molar-refractivity contribution in [1.29, 1.82) is 5.26 Å². The third-order valence-corrected chi connectivity index (χ3v) is 3.86. The van der Waals surface area contributed by atoms with Crippen LogP contribution in [0.4, 0.5) is 0 Å². The molecule has 2 aromatic carbocycles. The van der Waals surface area contributed by atoms with E-state index < -0.39 is 0 Å². The second-order valence-electron chi connectivity index (χ2n) is 5.69. The Balaban J connectivity index is 1.92. The normalized spacial score (nSPS) is 10.7. The van der Waals surface area contributed by atoms with Gasteiger partial charge < -0.3 is 14.0 Å². The highest BCUT2D eigenvalue weighted by Gasteiger charge is 2.11. The van der Waals surface area contributed by atoms with Crippen molar-refractivity contribution in [3.8, 4) is 23.3 Å². The SMILES string of the molecule is C/C=C\c1ccc(Oc2cc(Cn3ccnc3)ccc2C#N)c(OC)c1. The molecule has 0 N–H and O–H groups in total. The minimum absolute atomic E-state index is 0.471. The lowest BCUT2D eigenvalue weighted by Gasteiger charge is -2.13. The quantitative estimate of drug-likeness (QED) is 0.653. The number of nitrogens with zero attached hydrogens (tertiary/aromatic N) is 3. The van der Waals surface area contributed by atoms with Crippen LogP contribution < -0.4 is 9.47 Å². The second-order valence-corrected chi connectivity index (χ2v) is 5.69. The number of nitriles is 1. The number of aromatic nitrogens is 2. The van der Waals surface area contributed by atoms with E-state index in [-0.39, 0.29) is 0 Å². The molecule has 5 nitrogen and oxygen atoms in total. The van der Waals surface area contributed by atoms with Gasteiger partial charge in [0.15, 0.2) is 11.5 Å². The Bertz CT molecular complexity index is 954. The van der Waals surface area contributed by atoms with Gasteiger partial charge in [-0.05, 0) is 42.3 Å². The number of imidazole rings is 1. The Morgan fingerprint density at radius 1 is 1.15 bits per heavy atom. The van der Waals surface area contributed by atoms with E-state index in [0.717, 1.165) is 11.1 Å². The fourth-order valence-electron chi connectivity index (χ4n) is 2.62. The molecule has 0 saturated heterocycles. The van der Waals surface area contributed by atoms with Crippen molar-refractivity contribution < 1.29 is 9.47 Å². The molecule has 0 radical (unpaired) electrons. The smallest absolute Gasteiger partial charge is 0.169 e. The van der Waals surface area contributed by atoms with Gasteiger partial charge in [-0.3, -0.25) is 0 Å². The molecular formula is C21H19N3O2. The predicted octanol–water partition coefficient (Wildman–Crippen LogP) is 4.64. The maximum atomic E-state index is 9.40. The van der Waals surface area contributed by atoms with Gasteiger partial charge in [-0.25, -0.2) is 4.98 Å². The van der Waals surface area contributed by atoms with Crippen LogP contribution in [-0.4, -0.2) is 16.7 Å². The molecular weight excluding hydrogens is 326 g/mol. The molecule has 1 aromatic heterocycles. The molecule has 5 heteroatoms. The Morgan fingerprint density at radius 3 is 2.73 bits per heavy atom. The minimum atomic E-state index is 0.471. The third-order valence-electron chi connectivity index (χ3n) is 3.86. The van der Waals surface area contributed by atoms with Gasteiger partial charge in [0.1, 0.15) is 11.8 Å². The van der Waals surface area contributed by atoms with Crippen LogP contribution in [0.5, 0.6) is 17.2 Å². The first-order valence-electron chi connectivity index (χ1n) is 8.21. The predicted molar refractivity (Wildman–Crippen MR) is 100 cm³/mol. The Hall–Kier alpha value is -3.52. The van der Waals surface area contributed by atoms with Crippen LogP contribution in [0.3, 0.4) is 0 Å². The number of hydrogen-bond donors (Lipinski definition) is 0. The summed E-state index contributed by atoms with van der Waals surface area (Å²) >= 11 is 0. The molecule has 0 aliphatic heterocycles. The zero-order chi connectivity index (χ0) is 18.4. The number of allylic oxidation sites excluding steroid dienone is 1. The van der Waals surface area contributed by atoms with Crippen LogP contribution in [0, 0.1) is 11.3 Å². The molecule has 1 heterocycles. The molecule has 0 aliphatic rings. The Labute approximate surface area is 152 Å². The van der Waals surface area contributed by atoms with Gasteiger partial charge in [-0.15, -0.1) is 0 Å². The van der Waals surface area contributed by atoms with Crippen LogP contribution in [0.15, 0.2) is 61.2 Å². The lowest BCUT2D eigenvalue weighted by Crippen LogP contribution is -1.98. The molecule has 26 heavy (non-hydrogen) atoms. The number of rotatable bonds is 6. The van der Waals surface area contributed by atoms with E-state index in [4.69, 9.17) is 9.47 Å². The summed E-state index contributed by atoms with van der Waals surface area (Å²) in [7, 11) is 1.60. The summed E-state index contributed by atoms with van der Waals surface area (Å²) in [6, 6.07) is 13.4. The maximum absolute atomic E-state index is 9.40. The molecule has 0 spiro atoms. The van der Waals surface area contributed by atoms with Gasteiger partial charge in [0.25, 0.3) is 0 Å². The van der Waals surface area contributed by atoms with E-state index in [1.807, 2.05) is 60.2 Å². The van der Waals surface area contributed by atoms with E-state index in [0.29, 0.717) is 29.4 Å². The van der Waals surface area contributed by atoms with Crippen molar-refractivity contribution in [3.63, 3.8) is 0 Å². The summed E-state index contributed by atoms with van der Waals surface area (Å²) in [6.07, 6.45) is 9.32. The van der Waals surface area contributed by atoms with E-state index in [2.05, 4.69) is 11.1 Å². The monoisotopic (exact) mass is 345 g/mol. The second kappa shape index (κ2) is 8.04. The van der Waals surface area contributed by atoms with Gasteiger partial charge in [-0.2, -0.15) is 5.26 Å². The van der Waals surface area contributed by atoms with Crippen LogP contribution in [0.1, 0.15) is 23.6 Å². The van der Waals surface area contributed by atoms with Crippen molar-refractivity contribution in [3.05, 3.63) is 77.9 Å². The number of ether oxygens (including phenoxy) is 2. The van der Waals surface area contributed by atoms with Gasteiger partial charge in [0.2, 0.25) is 0 Å². The molecule has 0 aliphatic carbocycles. The number of hydrogen-bond acceptors (Lipinski definition) is 4. The third kappa shape index (κ3) is 3.93. The van der Waals surface area contributed by atoms with Crippen LogP contribution in [0.2, 0.25) is 0 Å². The van der Waals surface area contributed by atoms with E-state index in [1.165, 1.54) is 0 Å². The first-order chi connectivity index (χ1) is 12.7. The van der Waals surface area contributed by atoms with Crippen LogP contribution >= 0.6 is 0 Å². The summed E-state index contributed by atoms with van der Waals surface area (Å²) in [6.45, 7) is 2.61. The minimum Gasteiger partial charge on any atom is -0.493 e. The molecule has 0 bridgehead atoms. The highest BCUT2D eigenvalue weighted by atomic mass is 16.5. The number of benzene rings is 2. The topological polar surface area (TPSA) is 60.1 Å². The van der Waals surface area contributed by atoms with E-state index in [1.54, 1.807) is 25.7 Å². The van der Waals surface area contributed by atoms with Crippen molar-refractivity contribution in [2.75, 3.05) is 7.11 Å². The first-order valence-corrected chi connectivity index (χ1v) is 8.21. The van der Waals surface area contributed by atoms with Gasteiger partial charge >= 0.3 is 0 Å². The van der Waals surface area contributed by atoms with Gasteiger partial charge in [0, 0.05) is 18.9 Å². The van der Waals surface area contributed by atoms with Crippen LogP contribution in [0.25, 0.3) is 6.08 Å². The average Bonchev–Trinajstić information content (AvgIpc) is 3.16. The molecule has 0 atom stereocenters. The summed E-state index contributed by atoms with van der Waals surface area (Å²) in [4.78, 5) is 4.05. The van der Waals surface area contributed by atoms with Crippen molar-refractivity contribution in [1.82, 2.24) is 9.55 Å². The van der Waals surface area contributed by atoms with Gasteiger partial charge in [-0.1, -0.05) is 24.3 Å². The largest absolute Gasteiger partial charge is 0.493 e. The average molecular weight is 345 g/mol. The molecule has 0 amide bonds. The summed E-state index contributed by atoms with van der Waals surface area (Å²) in [5.74, 6) is 1.68. The summed E-state index contributed by atoms with van der Waals surface area (Å²) in [5.41, 5.74) is 2.51. The van der Waals surface area contributed by atoms with Crippen LogP contribution in [-0.2, 0) is 6.54 Å². The van der Waals surface area contributed by atoms with E-state index in [9.17, 15) is 5.26 Å². The summed E-state index contributed by atoms with van der Waals surface area (Å²) < 4.78 is 13.4. The highest BCUT2D eigenvalue weighted by molar-refractivity contribution is 5.57.